The smallest absolute Gasteiger partial charge is 0.132 e. The zero-order chi connectivity index (χ0) is 17.6. The van der Waals surface area contributed by atoms with Gasteiger partial charge in [0, 0.05) is 0 Å². The maximum Gasteiger partial charge on any atom is 0.132 e. The Balaban J connectivity index is 1.95. The van der Waals surface area contributed by atoms with Crippen LogP contribution in [0.25, 0.3) is 11.0 Å². The Morgan fingerprint density at radius 3 is 2.60 bits per heavy atom. The van der Waals surface area contributed by atoms with Crippen LogP contribution in [0.4, 0.5) is 0 Å². The summed E-state index contributed by atoms with van der Waals surface area (Å²) in [5, 5.41) is 3.63. The van der Waals surface area contributed by atoms with Gasteiger partial charge in [0.15, 0.2) is 0 Å². The Labute approximate surface area is 148 Å². The molecule has 4 heteroatoms. The first-order valence-corrected chi connectivity index (χ1v) is 8.79. The van der Waals surface area contributed by atoms with Gasteiger partial charge in [0.25, 0.3) is 0 Å². The molecule has 0 amide bonds. The predicted molar refractivity (Wildman–Crippen MR) is 103 cm³/mol. The topological polar surface area (TPSA) is 42.2 Å². The zero-order valence-corrected chi connectivity index (χ0v) is 15.2. The lowest BCUT2D eigenvalue weighted by Gasteiger charge is -2.30. The molecule has 4 rings (SSSR count). The monoisotopic (exact) mass is 332 g/mol. The Kier molecular flexibility index (Phi) is 3.73. The van der Waals surface area contributed by atoms with E-state index in [1.807, 2.05) is 6.07 Å². The summed E-state index contributed by atoms with van der Waals surface area (Å²) in [5.41, 5.74) is 4.45. The molecule has 0 bridgehead atoms. The van der Waals surface area contributed by atoms with E-state index in [4.69, 9.17) is 9.98 Å². The fourth-order valence-electron chi connectivity index (χ4n) is 3.40. The summed E-state index contributed by atoms with van der Waals surface area (Å²) >= 11 is 0. The molecule has 128 valence electrons. The summed E-state index contributed by atoms with van der Waals surface area (Å²) in [5.74, 6) is 2.04. The summed E-state index contributed by atoms with van der Waals surface area (Å²) in [6.07, 6.45) is 0. The second kappa shape index (κ2) is 5.81. The van der Waals surface area contributed by atoms with Crippen molar-refractivity contribution in [2.45, 2.75) is 45.8 Å². The van der Waals surface area contributed by atoms with Gasteiger partial charge in [-0.25, -0.2) is 4.98 Å². The number of nitrogens with zero attached hydrogens (tertiary/aromatic N) is 3. The van der Waals surface area contributed by atoms with Gasteiger partial charge < -0.3 is 0 Å². The van der Waals surface area contributed by atoms with Gasteiger partial charge in [-0.3, -0.25) is 14.9 Å². The van der Waals surface area contributed by atoms with Crippen LogP contribution < -0.4 is 5.32 Å². The highest BCUT2D eigenvalue weighted by Gasteiger charge is 2.30. The summed E-state index contributed by atoms with van der Waals surface area (Å²) in [4.78, 5) is 9.93. The molecule has 4 nitrogen and oxygen atoms in total. The summed E-state index contributed by atoms with van der Waals surface area (Å²) in [6, 6.07) is 17.0. The molecule has 0 fully saturated rings. The Bertz CT molecular complexity index is 945. The van der Waals surface area contributed by atoms with E-state index in [1.54, 1.807) is 0 Å². The highest BCUT2D eigenvalue weighted by Crippen LogP contribution is 2.28. The molecule has 1 N–H and O–H groups in total. The van der Waals surface area contributed by atoms with Crippen molar-refractivity contribution in [2.75, 3.05) is 0 Å². The number of fused-ring (bicyclic) bond motifs is 3. The number of aromatic nitrogens is 2. The van der Waals surface area contributed by atoms with Crippen molar-refractivity contribution in [1.82, 2.24) is 14.9 Å². The van der Waals surface area contributed by atoms with Crippen molar-refractivity contribution in [3.05, 3.63) is 65.5 Å². The average Bonchev–Trinajstić information content (AvgIpc) is 2.92. The molecule has 2 heterocycles. The molecule has 0 aliphatic carbocycles. The van der Waals surface area contributed by atoms with E-state index in [1.165, 1.54) is 11.1 Å². The van der Waals surface area contributed by atoms with Crippen molar-refractivity contribution in [3.63, 3.8) is 0 Å². The van der Waals surface area contributed by atoms with E-state index in [9.17, 15) is 0 Å². The molecule has 0 saturated carbocycles. The Morgan fingerprint density at radius 2 is 1.88 bits per heavy atom. The van der Waals surface area contributed by atoms with Crippen LogP contribution >= 0.6 is 0 Å². The molecule has 1 atom stereocenters. The SMILES string of the molecule is Cc1ccc2c(c1)nc1n2/C(=N\C(C)(C)C)C(c2ccccc2)NC1. The summed E-state index contributed by atoms with van der Waals surface area (Å²) < 4.78 is 2.24. The van der Waals surface area contributed by atoms with Gasteiger partial charge in [0.1, 0.15) is 11.7 Å². The molecule has 25 heavy (non-hydrogen) atoms. The van der Waals surface area contributed by atoms with Crippen molar-refractivity contribution in [2.24, 2.45) is 4.99 Å². The number of nitrogens with one attached hydrogen (secondary N) is 1. The lowest BCUT2D eigenvalue weighted by molar-refractivity contribution is 0.536. The largest absolute Gasteiger partial charge is 0.297 e. The fourth-order valence-corrected chi connectivity index (χ4v) is 3.40. The molecule has 3 aromatic rings. The molecule has 0 spiro atoms. The summed E-state index contributed by atoms with van der Waals surface area (Å²) in [6.45, 7) is 9.25. The maximum atomic E-state index is 5.09. The van der Waals surface area contributed by atoms with Crippen LogP contribution in [0, 0.1) is 6.92 Å². The van der Waals surface area contributed by atoms with Gasteiger partial charge >= 0.3 is 0 Å². The number of hydrogen-bond donors (Lipinski definition) is 1. The first-order valence-electron chi connectivity index (χ1n) is 8.79. The minimum atomic E-state index is -0.167. The molecule has 1 aliphatic rings. The average molecular weight is 332 g/mol. The molecular formula is C21H24N4. The predicted octanol–water partition coefficient (Wildman–Crippen LogP) is 4.23. The van der Waals surface area contributed by atoms with Crippen molar-refractivity contribution < 1.29 is 0 Å². The quantitative estimate of drug-likeness (QED) is 0.724. The van der Waals surface area contributed by atoms with Crippen LogP contribution in [0.3, 0.4) is 0 Å². The highest BCUT2D eigenvalue weighted by atomic mass is 15.2. The van der Waals surface area contributed by atoms with E-state index >= 15 is 0 Å². The van der Waals surface area contributed by atoms with E-state index in [0.29, 0.717) is 0 Å². The molecule has 0 radical (unpaired) electrons. The van der Waals surface area contributed by atoms with E-state index in [0.717, 1.165) is 29.2 Å². The minimum Gasteiger partial charge on any atom is -0.297 e. The first-order chi connectivity index (χ1) is 11.9. The normalized spacial score (nSPS) is 19.4. The van der Waals surface area contributed by atoms with Crippen LogP contribution in [-0.2, 0) is 6.54 Å². The Hall–Kier alpha value is -2.46. The second-order valence-corrected chi connectivity index (χ2v) is 7.72. The number of imidazole rings is 1. The Morgan fingerprint density at radius 1 is 1.12 bits per heavy atom. The first kappa shape index (κ1) is 16.0. The molecule has 2 aromatic carbocycles. The van der Waals surface area contributed by atoms with E-state index in [2.05, 4.69) is 80.0 Å². The summed E-state index contributed by atoms with van der Waals surface area (Å²) in [7, 11) is 0. The third-order valence-electron chi connectivity index (χ3n) is 4.41. The third-order valence-corrected chi connectivity index (χ3v) is 4.41. The minimum absolute atomic E-state index is 0.0617. The van der Waals surface area contributed by atoms with Crippen molar-refractivity contribution in [3.8, 4) is 0 Å². The molecular weight excluding hydrogens is 308 g/mol. The standard InChI is InChI=1S/C21H24N4/c1-14-10-11-17-16(12-14)23-18-13-22-19(15-8-6-5-7-9-15)20(25(17)18)24-21(2,3)4/h5-12,19,22H,13H2,1-4H3/b24-20-. The van der Waals surface area contributed by atoms with Crippen LogP contribution in [0.1, 0.15) is 43.8 Å². The number of aryl methyl sites for hydroxylation is 1. The van der Waals surface area contributed by atoms with Gasteiger partial charge in [-0.05, 0) is 51.0 Å². The van der Waals surface area contributed by atoms with Crippen LogP contribution in [0.15, 0.2) is 53.5 Å². The lowest BCUT2D eigenvalue weighted by atomic mass is 10.0. The van der Waals surface area contributed by atoms with Crippen molar-refractivity contribution >= 4 is 16.9 Å². The van der Waals surface area contributed by atoms with Gasteiger partial charge in [-0.15, -0.1) is 0 Å². The number of hydrogen-bond acceptors (Lipinski definition) is 3. The highest BCUT2D eigenvalue weighted by molar-refractivity contribution is 5.99. The third kappa shape index (κ3) is 2.98. The van der Waals surface area contributed by atoms with Crippen LogP contribution in [0.2, 0.25) is 0 Å². The van der Waals surface area contributed by atoms with E-state index < -0.39 is 0 Å². The van der Waals surface area contributed by atoms with Gasteiger partial charge in [-0.1, -0.05) is 36.4 Å². The molecule has 1 unspecified atom stereocenters. The van der Waals surface area contributed by atoms with Crippen LogP contribution in [0.5, 0.6) is 0 Å². The van der Waals surface area contributed by atoms with Gasteiger partial charge in [0.2, 0.25) is 0 Å². The number of aliphatic imine (C=N–C) groups is 1. The number of rotatable bonds is 1. The maximum absolute atomic E-state index is 5.09. The lowest BCUT2D eigenvalue weighted by Crippen LogP contribution is -2.40. The van der Waals surface area contributed by atoms with Gasteiger partial charge in [0.05, 0.1) is 29.2 Å². The molecule has 1 aliphatic heterocycles. The zero-order valence-electron chi connectivity index (χ0n) is 15.2. The molecule has 1 aromatic heterocycles. The molecule has 0 saturated heterocycles. The number of benzene rings is 2. The fraction of sp³-hybridized carbons (Fsp3) is 0.333. The van der Waals surface area contributed by atoms with Crippen LogP contribution in [-0.4, -0.2) is 20.9 Å². The van der Waals surface area contributed by atoms with E-state index in [-0.39, 0.29) is 11.6 Å². The van der Waals surface area contributed by atoms with Crippen molar-refractivity contribution in [1.29, 1.82) is 0 Å². The van der Waals surface area contributed by atoms with Gasteiger partial charge in [-0.2, -0.15) is 0 Å². The second-order valence-electron chi connectivity index (χ2n) is 7.72.